The Hall–Kier alpha value is -3.87. The summed E-state index contributed by atoms with van der Waals surface area (Å²) >= 11 is 0. The van der Waals surface area contributed by atoms with Crippen LogP contribution in [0.5, 0.6) is 0 Å². The molecule has 1 saturated heterocycles. The molecule has 156 valence electrons. The molecule has 1 atom stereocenters. The maximum atomic E-state index is 13.8. The Labute approximate surface area is 179 Å². The number of amides is 3. The molecule has 3 heterocycles. The number of hydrogen-bond donors (Lipinski definition) is 1. The number of para-hydroxylation sites is 1. The summed E-state index contributed by atoms with van der Waals surface area (Å²) < 4.78 is 5.48. The Bertz CT molecular complexity index is 1170. The van der Waals surface area contributed by atoms with E-state index < -0.39 is 11.6 Å². The second kappa shape index (κ2) is 7.12. The van der Waals surface area contributed by atoms with Crippen LogP contribution in [0.2, 0.25) is 0 Å². The monoisotopic (exact) mass is 415 g/mol. The van der Waals surface area contributed by atoms with Crippen molar-refractivity contribution in [2.45, 2.75) is 32.0 Å². The first-order valence-corrected chi connectivity index (χ1v) is 10.2. The number of carbonyl (C=O) groups is 3. The van der Waals surface area contributed by atoms with Crippen LogP contribution >= 0.6 is 0 Å². The summed E-state index contributed by atoms with van der Waals surface area (Å²) in [7, 11) is 0. The normalized spacial score (nSPS) is 19.9. The summed E-state index contributed by atoms with van der Waals surface area (Å²) in [6, 6.07) is 17.8. The van der Waals surface area contributed by atoms with Gasteiger partial charge in [0.2, 0.25) is 11.6 Å². The molecule has 3 aromatic rings. The number of benzene rings is 2. The van der Waals surface area contributed by atoms with E-state index in [1.807, 2.05) is 19.1 Å². The van der Waals surface area contributed by atoms with Gasteiger partial charge in [0.1, 0.15) is 5.76 Å². The standard InChI is InChI=1S/C24H21N3O4/c1-16-8-10-17(11-9-16)25-23(30)24-13-12-21(28)27(24)20-7-3-2-6-19(20)22(29)26(24)15-18-5-4-14-31-18/h2-11,14H,12-13,15H2,1H3,(H,25,30). The molecule has 1 aromatic heterocycles. The topological polar surface area (TPSA) is 82.9 Å². The van der Waals surface area contributed by atoms with Crippen molar-refractivity contribution < 1.29 is 18.8 Å². The summed E-state index contributed by atoms with van der Waals surface area (Å²) in [6.45, 7) is 2.04. The Morgan fingerprint density at radius 2 is 1.84 bits per heavy atom. The number of furan rings is 1. The summed E-state index contributed by atoms with van der Waals surface area (Å²) in [5, 5.41) is 2.93. The van der Waals surface area contributed by atoms with Crippen molar-refractivity contribution in [2.24, 2.45) is 0 Å². The molecule has 0 aliphatic carbocycles. The SMILES string of the molecule is Cc1ccc(NC(=O)C23CCC(=O)N2c2ccccc2C(=O)N3Cc2ccco2)cc1. The van der Waals surface area contributed by atoms with E-state index >= 15 is 0 Å². The molecule has 5 rings (SSSR count). The lowest BCUT2D eigenvalue weighted by atomic mass is 9.95. The van der Waals surface area contributed by atoms with Crippen molar-refractivity contribution in [2.75, 3.05) is 10.2 Å². The number of aryl methyl sites for hydroxylation is 1. The second-order valence-electron chi connectivity index (χ2n) is 7.85. The van der Waals surface area contributed by atoms with Gasteiger partial charge in [0.05, 0.1) is 24.1 Å². The van der Waals surface area contributed by atoms with Crippen molar-refractivity contribution >= 4 is 29.1 Å². The van der Waals surface area contributed by atoms with Gasteiger partial charge in [0.15, 0.2) is 0 Å². The van der Waals surface area contributed by atoms with Crippen molar-refractivity contribution in [3.8, 4) is 0 Å². The maximum absolute atomic E-state index is 13.8. The first-order chi connectivity index (χ1) is 15.0. The average Bonchev–Trinajstić information content (AvgIpc) is 3.41. The highest BCUT2D eigenvalue weighted by molar-refractivity contribution is 6.18. The van der Waals surface area contributed by atoms with E-state index in [0.717, 1.165) is 5.56 Å². The van der Waals surface area contributed by atoms with E-state index in [1.165, 1.54) is 16.1 Å². The minimum Gasteiger partial charge on any atom is -0.467 e. The van der Waals surface area contributed by atoms with Gasteiger partial charge in [-0.25, -0.2) is 0 Å². The van der Waals surface area contributed by atoms with Gasteiger partial charge in [-0.3, -0.25) is 24.2 Å². The molecule has 31 heavy (non-hydrogen) atoms. The third kappa shape index (κ3) is 2.92. The number of hydrogen-bond acceptors (Lipinski definition) is 4. The van der Waals surface area contributed by atoms with Gasteiger partial charge in [0.25, 0.3) is 11.8 Å². The third-order valence-corrected chi connectivity index (χ3v) is 5.94. The fourth-order valence-corrected chi connectivity index (χ4v) is 4.43. The number of fused-ring (bicyclic) bond motifs is 3. The molecule has 3 amide bonds. The molecule has 2 aliphatic rings. The summed E-state index contributed by atoms with van der Waals surface area (Å²) in [4.78, 5) is 43.3. The van der Waals surface area contributed by atoms with Gasteiger partial charge in [0, 0.05) is 18.5 Å². The van der Waals surface area contributed by atoms with Crippen LogP contribution in [-0.2, 0) is 16.1 Å². The zero-order chi connectivity index (χ0) is 21.6. The van der Waals surface area contributed by atoms with Crippen LogP contribution < -0.4 is 10.2 Å². The Morgan fingerprint density at radius 3 is 2.58 bits per heavy atom. The molecule has 1 N–H and O–H groups in total. The van der Waals surface area contributed by atoms with Crippen molar-refractivity contribution in [1.82, 2.24) is 4.90 Å². The van der Waals surface area contributed by atoms with Crippen molar-refractivity contribution in [3.05, 3.63) is 83.8 Å². The van der Waals surface area contributed by atoms with Crippen LogP contribution in [0.15, 0.2) is 71.3 Å². The number of carbonyl (C=O) groups excluding carboxylic acids is 3. The van der Waals surface area contributed by atoms with Gasteiger partial charge in [-0.05, 0) is 43.3 Å². The van der Waals surface area contributed by atoms with Crippen LogP contribution in [-0.4, -0.2) is 28.3 Å². The van der Waals surface area contributed by atoms with E-state index in [0.29, 0.717) is 22.7 Å². The van der Waals surface area contributed by atoms with E-state index in [1.54, 1.807) is 48.5 Å². The Balaban J connectivity index is 1.64. The molecular weight excluding hydrogens is 394 g/mol. The molecule has 0 saturated carbocycles. The van der Waals surface area contributed by atoms with E-state index in [2.05, 4.69) is 5.32 Å². The third-order valence-electron chi connectivity index (χ3n) is 5.94. The minimum absolute atomic E-state index is 0.0747. The predicted molar refractivity (Wildman–Crippen MR) is 114 cm³/mol. The molecule has 1 unspecified atom stereocenters. The molecule has 2 aliphatic heterocycles. The first kappa shape index (κ1) is 19.1. The fourth-order valence-electron chi connectivity index (χ4n) is 4.43. The summed E-state index contributed by atoms with van der Waals surface area (Å²) in [6.07, 6.45) is 1.89. The highest BCUT2D eigenvalue weighted by Crippen LogP contribution is 2.45. The molecule has 2 aromatic carbocycles. The van der Waals surface area contributed by atoms with Crippen LogP contribution in [0, 0.1) is 6.92 Å². The number of rotatable bonds is 4. The zero-order valence-electron chi connectivity index (χ0n) is 17.0. The molecule has 0 radical (unpaired) electrons. The fraction of sp³-hybridized carbons (Fsp3) is 0.208. The average molecular weight is 415 g/mol. The lowest BCUT2D eigenvalue weighted by Gasteiger charge is -2.48. The van der Waals surface area contributed by atoms with E-state index in [9.17, 15) is 14.4 Å². The lowest BCUT2D eigenvalue weighted by Crippen LogP contribution is -2.69. The number of nitrogens with one attached hydrogen (secondary N) is 1. The smallest absolute Gasteiger partial charge is 0.271 e. The predicted octanol–water partition coefficient (Wildman–Crippen LogP) is 3.71. The van der Waals surface area contributed by atoms with E-state index in [4.69, 9.17) is 4.42 Å². The van der Waals surface area contributed by atoms with Crippen LogP contribution in [0.1, 0.15) is 34.5 Å². The highest BCUT2D eigenvalue weighted by atomic mass is 16.3. The van der Waals surface area contributed by atoms with Crippen molar-refractivity contribution in [3.63, 3.8) is 0 Å². The first-order valence-electron chi connectivity index (χ1n) is 10.2. The second-order valence-corrected chi connectivity index (χ2v) is 7.85. The molecule has 1 fully saturated rings. The van der Waals surface area contributed by atoms with Gasteiger partial charge in [-0.1, -0.05) is 29.8 Å². The van der Waals surface area contributed by atoms with E-state index in [-0.39, 0.29) is 31.2 Å². The lowest BCUT2D eigenvalue weighted by molar-refractivity contribution is -0.129. The van der Waals surface area contributed by atoms with Crippen molar-refractivity contribution in [1.29, 1.82) is 0 Å². The van der Waals surface area contributed by atoms with Gasteiger partial charge < -0.3 is 9.73 Å². The zero-order valence-corrected chi connectivity index (χ0v) is 17.0. The quantitative estimate of drug-likeness (QED) is 0.704. The van der Waals surface area contributed by atoms with Gasteiger partial charge in [-0.15, -0.1) is 0 Å². The number of nitrogens with zero attached hydrogens (tertiary/aromatic N) is 2. The van der Waals surface area contributed by atoms with Crippen LogP contribution in [0.25, 0.3) is 0 Å². The highest BCUT2D eigenvalue weighted by Gasteiger charge is 2.61. The Kier molecular flexibility index (Phi) is 4.39. The Morgan fingerprint density at radius 1 is 1.06 bits per heavy atom. The minimum atomic E-state index is -1.47. The molecule has 0 bridgehead atoms. The summed E-state index contributed by atoms with van der Waals surface area (Å²) in [5.74, 6) is -0.383. The maximum Gasteiger partial charge on any atom is 0.271 e. The molecule has 7 nitrogen and oxygen atoms in total. The van der Waals surface area contributed by atoms with Crippen LogP contribution in [0.4, 0.5) is 11.4 Å². The molecule has 0 spiro atoms. The van der Waals surface area contributed by atoms with Gasteiger partial charge in [-0.2, -0.15) is 0 Å². The van der Waals surface area contributed by atoms with Crippen LogP contribution in [0.3, 0.4) is 0 Å². The van der Waals surface area contributed by atoms with Gasteiger partial charge >= 0.3 is 0 Å². The molecular formula is C24H21N3O4. The largest absolute Gasteiger partial charge is 0.467 e. The summed E-state index contributed by atoms with van der Waals surface area (Å²) in [5.41, 5.74) is 1.05. The number of anilines is 2. The molecule has 7 heteroatoms.